The molecule has 0 unspecified atom stereocenters. The zero-order chi connectivity index (χ0) is 20.1. The minimum atomic E-state index is 0.0780. The largest absolute Gasteiger partial charge is 0.509 e. The van der Waals surface area contributed by atoms with Crippen molar-refractivity contribution < 1.29 is 5.11 Å². The highest BCUT2D eigenvalue weighted by atomic mass is 16.3. The summed E-state index contributed by atoms with van der Waals surface area (Å²) in [6.45, 7) is 9.61. The Morgan fingerprint density at radius 3 is 2.39 bits per heavy atom. The van der Waals surface area contributed by atoms with Gasteiger partial charge in [0.25, 0.3) is 0 Å². The Bertz CT molecular complexity index is 1080. The van der Waals surface area contributed by atoms with Crippen molar-refractivity contribution in [3.8, 4) is 0 Å². The third-order valence-corrected chi connectivity index (χ3v) is 5.34. The Hall–Kier alpha value is -3.08. The predicted octanol–water partition coefficient (Wildman–Crippen LogP) is 5.12. The van der Waals surface area contributed by atoms with E-state index in [0.29, 0.717) is 11.4 Å². The van der Waals surface area contributed by atoms with Gasteiger partial charge >= 0.3 is 0 Å². The summed E-state index contributed by atoms with van der Waals surface area (Å²) >= 11 is 0. The van der Waals surface area contributed by atoms with Crippen LogP contribution in [0.3, 0.4) is 0 Å². The summed E-state index contributed by atoms with van der Waals surface area (Å²) in [7, 11) is 0. The van der Waals surface area contributed by atoms with E-state index in [4.69, 9.17) is 10.4 Å². The van der Waals surface area contributed by atoms with Crippen molar-refractivity contribution in [1.82, 2.24) is 9.55 Å². The van der Waals surface area contributed by atoms with Crippen molar-refractivity contribution in [2.45, 2.75) is 39.7 Å². The standard InChI is InChI=1S/C23H26N4O/c1-5-26-18-9-7-6-8-17(18)25-22(26)20-19(28)14-27(21(20)24)16-12-10-15(11-13-16)23(2,3)4/h6-13,24,28H,5,14H2,1-4H3. The van der Waals surface area contributed by atoms with Crippen LogP contribution in [0.5, 0.6) is 0 Å². The van der Waals surface area contributed by atoms with Crippen LogP contribution in [-0.4, -0.2) is 27.0 Å². The molecule has 5 nitrogen and oxygen atoms in total. The van der Waals surface area contributed by atoms with Gasteiger partial charge in [-0.2, -0.15) is 0 Å². The molecule has 2 N–H and O–H groups in total. The molecule has 144 valence electrons. The van der Waals surface area contributed by atoms with E-state index in [1.807, 2.05) is 41.3 Å². The molecule has 0 bridgehead atoms. The first kappa shape index (κ1) is 18.3. The van der Waals surface area contributed by atoms with E-state index >= 15 is 0 Å². The normalized spacial score (nSPS) is 15.1. The zero-order valence-corrected chi connectivity index (χ0v) is 16.8. The second-order valence-electron chi connectivity index (χ2n) is 8.22. The Morgan fingerprint density at radius 1 is 1.07 bits per heavy atom. The Kier molecular flexibility index (Phi) is 4.26. The number of aromatic nitrogens is 2. The average molecular weight is 374 g/mol. The van der Waals surface area contributed by atoms with Crippen molar-refractivity contribution in [1.29, 1.82) is 5.41 Å². The van der Waals surface area contributed by atoms with E-state index in [0.717, 1.165) is 23.3 Å². The highest BCUT2D eigenvalue weighted by Crippen LogP contribution is 2.33. The maximum atomic E-state index is 10.7. The fourth-order valence-electron chi connectivity index (χ4n) is 3.76. The average Bonchev–Trinajstić information content (AvgIpc) is 3.17. The topological polar surface area (TPSA) is 65.1 Å². The van der Waals surface area contributed by atoms with Gasteiger partial charge in [-0.25, -0.2) is 4.98 Å². The lowest BCUT2D eigenvalue weighted by atomic mass is 9.87. The number of imidazole rings is 1. The number of rotatable bonds is 3. The van der Waals surface area contributed by atoms with Crippen molar-refractivity contribution in [3.05, 3.63) is 65.7 Å². The second-order valence-corrected chi connectivity index (χ2v) is 8.22. The summed E-state index contributed by atoms with van der Waals surface area (Å²) in [5.74, 6) is 1.13. The molecule has 0 saturated carbocycles. The number of amidine groups is 1. The first-order valence-electron chi connectivity index (χ1n) is 9.66. The fourth-order valence-corrected chi connectivity index (χ4v) is 3.76. The van der Waals surface area contributed by atoms with Gasteiger partial charge in [0.1, 0.15) is 17.4 Å². The van der Waals surface area contributed by atoms with E-state index < -0.39 is 0 Å². The predicted molar refractivity (Wildman–Crippen MR) is 115 cm³/mol. The van der Waals surface area contributed by atoms with Crippen molar-refractivity contribution in [2.75, 3.05) is 11.4 Å². The summed E-state index contributed by atoms with van der Waals surface area (Å²) in [5.41, 5.74) is 4.62. The Morgan fingerprint density at radius 2 is 1.75 bits per heavy atom. The number of aryl methyl sites for hydroxylation is 1. The molecule has 28 heavy (non-hydrogen) atoms. The van der Waals surface area contributed by atoms with E-state index in [-0.39, 0.29) is 23.6 Å². The van der Waals surface area contributed by atoms with Crippen molar-refractivity contribution in [3.63, 3.8) is 0 Å². The van der Waals surface area contributed by atoms with E-state index in [2.05, 4.69) is 44.4 Å². The molecular formula is C23H26N4O. The first-order valence-corrected chi connectivity index (χ1v) is 9.66. The number of fused-ring (bicyclic) bond motifs is 1. The van der Waals surface area contributed by atoms with Gasteiger partial charge in [-0.15, -0.1) is 0 Å². The van der Waals surface area contributed by atoms with Crippen LogP contribution in [0.25, 0.3) is 16.6 Å². The lowest BCUT2D eigenvalue weighted by Crippen LogP contribution is -2.26. The van der Waals surface area contributed by atoms with Crippen LogP contribution in [0.1, 0.15) is 39.1 Å². The lowest BCUT2D eigenvalue weighted by molar-refractivity contribution is 0.411. The Labute approximate surface area is 165 Å². The molecule has 1 aromatic heterocycles. The molecule has 5 heteroatoms. The molecular weight excluding hydrogens is 348 g/mol. The van der Waals surface area contributed by atoms with E-state index in [1.54, 1.807) is 0 Å². The number of nitrogens with zero attached hydrogens (tertiary/aromatic N) is 3. The summed E-state index contributed by atoms with van der Waals surface area (Å²) in [4.78, 5) is 6.55. The molecule has 0 amide bonds. The molecule has 0 saturated heterocycles. The summed E-state index contributed by atoms with van der Waals surface area (Å²) in [6.07, 6.45) is 0. The van der Waals surface area contributed by atoms with Crippen LogP contribution in [0.2, 0.25) is 0 Å². The number of nitrogens with one attached hydrogen (secondary N) is 1. The smallest absolute Gasteiger partial charge is 0.148 e. The van der Waals surface area contributed by atoms with Gasteiger partial charge in [-0.05, 0) is 42.2 Å². The zero-order valence-electron chi connectivity index (χ0n) is 16.8. The second kappa shape index (κ2) is 6.51. The van der Waals surface area contributed by atoms with Crippen LogP contribution in [0.15, 0.2) is 54.3 Å². The molecule has 3 aromatic rings. The first-order chi connectivity index (χ1) is 13.3. The van der Waals surface area contributed by atoms with Crippen LogP contribution < -0.4 is 4.90 Å². The number of hydrogen-bond acceptors (Lipinski definition) is 3. The maximum absolute atomic E-state index is 10.7. The number of aliphatic hydroxyl groups is 1. The molecule has 2 heterocycles. The van der Waals surface area contributed by atoms with Gasteiger partial charge in [-0.1, -0.05) is 45.0 Å². The van der Waals surface area contributed by atoms with E-state index in [9.17, 15) is 5.11 Å². The van der Waals surface area contributed by atoms with Crippen molar-refractivity contribution in [2.24, 2.45) is 0 Å². The van der Waals surface area contributed by atoms with Gasteiger partial charge in [0.15, 0.2) is 0 Å². The van der Waals surface area contributed by atoms with Gasteiger partial charge < -0.3 is 14.6 Å². The number of para-hydroxylation sites is 2. The molecule has 1 aliphatic heterocycles. The van der Waals surface area contributed by atoms with Gasteiger partial charge in [0, 0.05) is 12.2 Å². The van der Waals surface area contributed by atoms with Gasteiger partial charge in [-0.3, -0.25) is 5.41 Å². The molecule has 4 rings (SSSR count). The Balaban J connectivity index is 1.72. The lowest BCUT2D eigenvalue weighted by Gasteiger charge is -2.22. The molecule has 1 aliphatic rings. The molecule has 0 fully saturated rings. The number of anilines is 1. The van der Waals surface area contributed by atoms with Crippen molar-refractivity contribution >= 4 is 28.1 Å². The summed E-state index contributed by atoms with van der Waals surface area (Å²) in [6, 6.07) is 16.2. The number of aliphatic hydroxyl groups excluding tert-OH is 1. The highest BCUT2D eigenvalue weighted by Gasteiger charge is 2.32. The summed E-state index contributed by atoms with van der Waals surface area (Å²) < 4.78 is 2.06. The molecule has 0 radical (unpaired) electrons. The monoisotopic (exact) mass is 374 g/mol. The third-order valence-electron chi connectivity index (χ3n) is 5.34. The maximum Gasteiger partial charge on any atom is 0.148 e. The highest BCUT2D eigenvalue weighted by molar-refractivity contribution is 6.30. The molecule has 2 aromatic carbocycles. The number of hydrogen-bond donors (Lipinski definition) is 2. The van der Waals surface area contributed by atoms with Gasteiger partial charge in [0.05, 0.1) is 23.2 Å². The quantitative estimate of drug-likeness (QED) is 0.669. The van der Waals surface area contributed by atoms with Crippen LogP contribution in [0, 0.1) is 5.41 Å². The van der Waals surface area contributed by atoms with Crippen LogP contribution in [0.4, 0.5) is 5.69 Å². The van der Waals surface area contributed by atoms with E-state index in [1.165, 1.54) is 5.56 Å². The minimum absolute atomic E-state index is 0.0780. The van der Waals surface area contributed by atoms with Crippen LogP contribution >= 0.6 is 0 Å². The molecule has 0 spiro atoms. The number of benzene rings is 2. The minimum Gasteiger partial charge on any atom is -0.509 e. The summed E-state index contributed by atoms with van der Waals surface area (Å²) in [5, 5.41) is 19.5. The molecule has 0 aliphatic carbocycles. The fraction of sp³-hybridized carbons (Fsp3) is 0.304. The SMILES string of the molecule is CCn1c(C2=C(O)CN(c3ccc(C(C)(C)C)cc3)C2=N)nc2ccccc21. The van der Waals surface area contributed by atoms with Gasteiger partial charge in [0.2, 0.25) is 0 Å². The molecule has 0 atom stereocenters. The third kappa shape index (κ3) is 2.87. The van der Waals surface area contributed by atoms with Crippen LogP contribution in [-0.2, 0) is 12.0 Å².